The fourth-order valence-electron chi connectivity index (χ4n) is 2.92. The fraction of sp³-hybridized carbons (Fsp3) is 0.227. The van der Waals surface area contributed by atoms with Crippen LogP contribution in [0.2, 0.25) is 0 Å². The molecule has 174 valence electrons. The summed E-state index contributed by atoms with van der Waals surface area (Å²) in [6.07, 6.45) is -4.46. The minimum Gasteiger partial charge on any atom is -0.465 e. The van der Waals surface area contributed by atoms with Gasteiger partial charge in [0.25, 0.3) is 5.91 Å². The highest BCUT2D eigenvalue weighted by molar-refractivity contribution is 7.17. The van der Waals surface area contributed by atoms with Gasteiger partial charge in [0.05, 0.1) is 25.0 Å². The number of aromatic nitrogens is 1. The molecule has 3 aromatic rings. The topological polar surface area (TPSA) is 89.5 Å². The lowest BCUT2D eigenvalue weighted by Crippen LogP contribution is -2.12. The van der Waals surface area contributed by atoms with Gasteiger partial charge in [0, 0.05) is 24.9 Å². The second-order valence-electron chi connectivity index (χ2n) is 6.77. The van der Waals surface area contributed by atoms with Gasteiger partial charge in [0.2, 0.25) is 0 Å². The number of nitrogens with zero attached hydrogens (tertiary/aromatic N) is 1. The highest BCUT2D eigenvalue weighted by atomic mass is 32.1. The maximum Gasteiger partial charge on any atom is 0.418 e. The van der Waals surface area contributed by atoms with Gasteiger partial charge in [-0.3, -0.25) is 10.1 Å². The number of alkyl halides is 3. The van der Waals surface area contributed by atoms with Crippen molar-refractivity contribution < 1.29 is 32.2 Å². The molecule has 0 radical (unpaired) electrons. The first kappa shape index (κ1) is 24.2. The third kappa shape index (κ3) is 6.08. The van der Waals surface area contributed by atoms with Crippen LogP contribution in [0.1, 0.15) is 36.9 Å². The van der Waals surface area contributed by atoms with Crippen LogP contribution < -0.4 is 10.6 Å². The Morgan fingerprint density at radius 1 is 1.06 bits per heavy atom. The molecule has 0 fully saturated rings. The number of carbonyl (C=O) groups excluding carboxylic acids is 2. The van der Waals surface area contributed by atoms with Gasteiger partial charge in [-0.25, -0.2) is 9.78 Å². The fourth-order valence-corrected chi connectivity index (χ4v) is 3.80. The predicted octanol–water partition coefficient (Wildman–Crippen LogP) is 4.96. The van der Waals surface area contributed by atoms with Crippen molar-refractivity contribution in [2.24, 2.45) is 0 Å². The van der Waals surface area contributed by atoms with Crippen LogP contribution >= 0.6 is 11.3 Å². The number of carbonyl (C=O) groups is 2. The minimum atomic E-state index is -4.46. The third-order valence-electron chi connectivity index (χ3n) is 4.50. The van der Waals surface area contributed by atoms with Crippen molar-refractivity contribution in [1.29, 1.82) is 0 Å². The largest absolute Gasteiger partial charge is 0.465 e. The van der Waals surface area contributed by atoms with Gasteiger partial charge in [0.15, 0.2) is 5.13 Å². The summed E-state index contributed by atoms with van der Waals surface area (Å²) in [5.74, 6) is -1.03. The Bertz CT molecular complexity index is 1130. The van der Waals surface area contributed by atoms with E-state index < -0.39 is 23.6 Å². The molecule has 0 aliphatic carbocycles. The molecule has 0 aliphatic rings. The number of anilines is 2. The maximum atomic E-state index is 13.1. The second-order valence-corrected chi connectivity index (χ2v) is 7.77. The lowest BCUT2D eigenvalue weighted by molar-refractivity contribution is -0.137. The number of hydrogen-bond acceptors (Lipinski definition) is 7. The standard InChI is InChI=1S/C22H20F3N3O4S/c1-31-12-17-18(20(30)32-2)33-21(27-17)28-19(29)14-9-7-13(8-10-14)11-26-16-6-4-3-5-15(16)22(23,24)25/h3-10,26H,11-12H2,1-2H3,(H,27,28,29). The van der Waals surface area contributed by atoms with E-state index in [9.17, 15) is 22.8 Å². The van der Waals surface area contributed by atoms with Crippen LogP contribution in [0.15, 0.2) is 48.5 Å². The molecular formula is C22H20F3N3O4S. The van der Waals surface area contributed by atoms with Crippen LogP contribution in [0.3, 0.4) is 0 Å². The molecule has 33 heavy (non-hydrogen) atoms. The van der Waals surface area contributed by atoms with Gasteiger partial charge < -0.3 is 14.8 Å². The Morgan fingerprint density at radius 2 is 1.76 bits per heavy atom. The van der Waals surface area contributed by atoms with Gasteiger partial charge in [-0.05, 0) is 29.8 Å². The summed E-state index contributed by atoms with van der Waals surface area (Å²) in [7, 11) is 2.70. The molecule has 3 rings (SSSR count). The molecule has 0 bridgehead atoms. The van der Waals surface area contributed by atoms with Crippen LogP contribution in [-0.2, 0) is 28.8 Å². The number of para-hydroxylation sites is 1. The van der Waals surface area contributed by atoms with Crippen molar-refractivity contribution in [3.63, 3.8) is 0 Å². The van der Waals surface area contributed by atoms with Crippen molar-refractivity contribution in [1.82, 2.24) is 4.98 Å². The van der Waals surface area contributed by atoms with E-state index in [0.29, 0.717) is 16.8 Å². The number of rotatable bonds is 8. The molecule has 2 N–H and O–H groups in total. The molecule has 0 spiro atoms. The van der Waals surface area contributed by atoms with Crippen LogP contribution in [-0.4, -0.2) is 31.1 Å². The van der Waals surface area contributed by atoms with E-state index in [-0.39, 0.29) is 28.8 Å². The van der Waals surface area contributed by atoms with Crippen molar-refractivity contribution >= 4 is 34.0 Å². The van der Waals surface area contributed by atoms with E-state index in [4.69, 9.17) is 9.47 Å². The zero-order valence-electron chi connectivity index (χ0n) is 17.7. The quantitative estimate of drug-likeness (QED) is 0.444. The minimum absolute atomic E-state index is 0.0242. The smallest absolute Gasteiger partial charge is 0.418 e. The highest BCUT2D eigenvalue weighted by Gasteiger charge is 2.33. The highest BCUT2D eigenvalue weighted by Crippen LogP contribution is 2.34. The van der Waals surface area contributed by atoms with Gasteiger partial charge in [0.1, 0.15) is 4.88 Å². The zero-order valence-corrected chi connectivity index (χ0v) is 18.5. The first-order valence-corrected chi connectivity index (χ1v) is 10.4. The lowest BCUT2D eigenvalue weighted by atomic mass is 10.1. The Morgan fingerprint density at radius 3 is 2.39 bits per heavy atom. The molecule has 0 unspecified atom stereocenters. The maximum absolute atomic E-state index is 13.1. The molecule has 1 heterocycles. The first-order chi connectivity index (χ1) is 15.7. The molecular weight excluding hydrogens is 459 g/mol. The average Bonchev–Trinajstić information content (AvgIpc) is 3.19. The van der Waals surface area contributed by atoms with Crippen molar-refractivity contribution in [2.45, 2.75) is 19.3 Å². The first-order valence-electron chi connectivity index (χ1n) is 9.60. The summed E-state index contributed by atoms with van der Waals surface area (Å²) >= 11 is 0.968. The number of benzene rings is 2. The van der Waals surface area contributed by atoms with E-state index in [1.807, 2.05) is 0 Å². The summed E-state index contributed by atoms with van der Waals surface area (Å²) in [4.78, 5) is 28.8. The third-order valence-corrected chi connectivity index (χ3v) is 5.49. The van der Waals surface area contributed by atoms with Gasteiger partial charge in [-0.2, -0.15) is 13.2 Å². The number of ether oxygens (including phenoxy) is 2. The van der Waals surface area contributed by atoms with Crippen LogP contribution in [0.5, 0.6) is 0 Å². The summed E-state index contributed by atoms with van der Waals surface area (Å²) in [6.45, 7) is 0.223. The van der Waals surface area contributed by atoms with E-state index in [0.717, 1.165) is 17.4 Å². The number of thiazole rings is 1. The van der Waals surface area contributed by atoms with Crippen molar-refractivity contribution in [3.8, 4) is 0 Å². The number of amides is 1. The molecule has 7 nitrogen and oxygen atoms in total. The van der Waals surface area contributed by atoms with E-state index >= 15 is 0 Å². The second kappa shape index (κ2) is 10.5. The molecule has 0 saturated heterocycles. The van der Waals surface area contributed by atoms with Crippen LogP contribution in [0.25, 0.3) is 0 Å². The van der Waals surface area contributed by atoms with Gasteiger partial charge >= 0.3 is 12.1 Å². The Balaban J connectivity index is 1.66. The van der Waals surface area contributed by atoms with E-state index in [2.05, 4.69) is 15.6 Å². The number of nitrogens with one attached hydrogen (secondary N) is 2. The summed E-state index contributed by atoms with van der Waals surface area (Å²) in [5.41, 5.74) is 0.586. The summed E-state index contributed by atoms with van der Waals surface area (Å²) < 4.78 is 49.1. The van der Waals surface area contributed by atoms with Crippen molar-refractivity contribution in [2.75, 3.05) is 24.9 Å². The van der Waals surface area contributed by atoms with Gasteiger partial charge in [-0.1, -0.05) is 35.6 Å². The summed E-state index contributed by atoms with van der Waals surface area (Å²) in [5, 5.41) is 5.61. The number of hydrogen-bond donors (Lipinski definition) is 2. The summed E-state index contributed by atoms with van der Waals surface area (Å²) in [6, 6.07) is 11.6. The molecule has 0 aliphatic heterocycles. The molecule has 0 saturated carbocycles. The number of methoxy groups -OCH3 is 2. The predicted molar refractivity (Wildman–Crippen MR) is 117 cm³/mol. The molecule has 0 atom stereocenters. The van der Waals surface area contributed by atoms with Crippen molar-refractivity contribution in [3.05, 3.63) is 75.8 Å². The Kier molecular flexibility index (Phi) is 7.67. The monoisotopic (exact) mass is 479 g/mol. The van der Waals surface area contributed by atoms with Gasteiger partial charge in [-0.15, -0.1) is 0 Å². The molecule has 1 aromatic heterocycles. The normalized spacial score (nSPS) is 11.2. The van der Waals surface area contributed by atoms with Crippen LogP contribution in [0.4, 0.5) is 24.0 Å². The van der Waals surface area contributed by atoms with E-state index in [1.54, 1.807) is 24.3 Å². The number of esters is 1. The average molecular weight is 479 g/mol. The molecule has 11 heteroatoms. The SMILES string of the molecule is COCc1nc(NC(=O)c2ccc(CNc3ccccc3C(F)(F)F)cc2)sc1C(=O)OC. The number of halogens is 3. The van der Waals surface area contributed by atoms with E-state index in [1.165, 1.54) is 32.4 Å². The zero-order chi connectivity index (χ0) is 24.0. The lowest BCUT2D eigenvalue weighted by Gasteiger charge is -2.14. The molecule has 1 amide bonds. The Hall–Kier alpha value is -3.44. The molecule has 2 aromatic carbocycles. The van der Waals surface area contributed by atoms with Crippen LogP contribution in [0, 0.1) is 0 Å². The Labute approximate surface area is 191 Å².